The second kappa shape index (κ2) is 4.85. The first kappa shape index (κ1) is 13.6. The minimum atomic E-state index is 0.310. The summed E-state index contributed by atoms with van der Waals surface area (Å²) in [6, 6.07) is 5.96. The Balaban J connectivity index is 1.86. The summed E-state index contributed by atoms with van der Waals surface area (Å²) in [5.41, 5.74) is 3.15. The van der Waals surface area contributed by atoms with Crippen LogP contribution in [-0.4, -0.2) is 5.11 Å². The summed E-state index contributed by atoms with van der Waals surface area (Å²) < 4.78 is 0. The summed E-state index contributed by atoms with van der Waals surface area (Å²) in [4.78, 5) is 0. The van der Waals surface area contributed by atoms with Gasteiger partial charge in [0, 0.05) is 5.92 Å². The maximum absolute atomic E-state index is 9.65. The third kappa shape index (κ3) is 2.12. The molecule has 3 rings (SSSR count). The normalized spacial score (nSPS) is 33.6. The second-order valence-corrected chi connectivity index (χ2v) is 7.07. The molecule has 106 valence electrons. The van der Waals surface area contributed by atoms with Gasteiger partial charge in [-0.3, -0.25) is 0 Å². The van der Waals surface area contributed by atoms with Crippen molar-refractivity contribution in [3.8, 4) is 18.1 Å². The lowest BCUT2D eigenvalue weighted by Gasteiger charge is -2.47. The highest BCUT2D eigenvalue weighted by Crippen LogP contribution is 2.53. The van der Waals surface area contributed by atoms with Crippen LogP contribution in [-0.2, 0) is 6.42 Å². The summed E-state index contributed by atoms with van der Waals surface area (Å²) in [5.74, 6) is 5.18. The Labute approximate surface area is 122 Å². The third-order valence-electron chi connectivity index (χ3n) is 5.93. The SMILES string of the molecule is C#CC(C)C1(C)CCC2c3ccc(O)cc3CCC2C1. The Hall–Kier alpha value is -1.42. The van der Waals surface area contributed by atoms with E-state index < -0.39 is 0 Å². The number of rotatable bonds is 1. The van der Waals surface area contributed by atoms with Gasteiger partial charge < -0.3 is 5.11 Å². The number of aryl methyl sites for hydroxylation is 1. The molecule has 0 aromatic heterocycles. The molecule has 1 nitrogen and oxygen atoms in total. The van der Waals surface area contributed by atoms with Crippen LogP contribution in [0.3, 0.4) is 0 Å². The van der Waals surface area contributed by atoms with Gasteiger partial charge in [-0.1, -0.05) is 19.9 Å². The van der Waals surface area contributed by atoms with Crippen molar-refractivity contribution < 1.29 is 5.11 Å². The van der Waals surface area contributed by atoms with Gasteiger partial charge in [-0.15, -0.1) is 12.3 Å². The van der Waals surface area contributed by atoms with Crippen molar-refractivity contribution in [2.75, 3.05) is 0 Å². The van der Waals surface area contributed by atoms with Crippen LogP contribution in [0.25, 0.3) is 0 Å². The molecule has 0 saturated heterocycles. The molecular formula is C19H24O. The van der Waals surface area contributed by atoms with E-state index in [0.29, 0.717) is 23.0 Å². The third-order valence-corrected chi connectivity index (χ3v) is 5.93. The molecule has 2 aliphatic rings. The topological polar surface area (TPSA) is 20.2 Å². The van der Waals surface area contributed by atoms with Gasteiger partial charge in [-0.2, -0.15) is 0 Å². The van der Waals surface area contributed by atoms with Crippen molar-refractivity contribution in [2.24, 2.45) is 17.3 Å². The Kier molecular flexibility index (Phi) is 3.28. The van der Waals surface area contributed by atoms with Crippen LogP contribution in [0.5, 0.6) is 5.75 Å². The van der Waals surface area contributed by atoms with Gasteiger partial charge in [0.15, 0.2) is 0 Å². The Bertz CT molecular complexity index is 553. The molecule has 1 saturated carbocycles. The Morgan fingerprint density at radius 1 is 1.40 bits per heavy atom. The molecule has 20 heavy (non-hydrogen) atoms. The maximum atomic E-state index is 9.65. The number of benzene rings is 1. The van der Waals surface area contributed by atoms with Crippen molar-refractivity contribution in [1.29, 1.82) is 0 Å². The summed E-state index contributed by atoms with van der Waals surface area (Å²) in [5, 5.41) is 9.65. The zero-order valence-electron chi connectivity index (χ0n) is 12.5. The molecule has 1 heteroatoms. The van der Waals surface area contributed by atoms with Crippen LogP contribution in [0.1, 0.15) is 56.6 Å². The number of fused-ring (bicyclic) bond motifs is 3. The van der Waals surface area contributed by atoms with Crippen LogP contribution in [0.15, 0.2) is 18.2 Å². The molecule has 0 aliphatic heterocycles. The molecule has 1 fully saturated rings. The van der Waals surface area contributed by atoms with Gasteiger partial charge in [0.05, 0.1) is 0 Å². The monoisotopic (exact) mass is 268 g/mol. The van der Waals surface area contributed by atoms with Gasteiger partial charge in [0.25, 0.3) is 0 Å². The zero-order valence-corrected chi connectivity index (χ0v) is 12.5. The lowest BCUT2D eigenvalue weighted by Crippen LogP contribution is -2.37. The fraction of sp³-hybridized carbons (Fsp3) is 0.579. The molecule has 1 aromatic carbocycles. The molecular weight excluding hydrogens is 244 g/mol. The maximum Gasteiger partial charge on any atom is 0.115 e. The zero-order chi connectivity index (χ0) is 14.3. The predicted octanol–water partition coefficient (Wildman–Crippen LogP) is 4.50. The lowest BCUT2D eigenvalue weighted by atomic mass is 9.57. The molecule has 2 aliphatic carbocycles. The van der Waals surface area contributed by atoms with E-state index in [1.807, 2.05) is 12.1 Å². The minimum absolute atomic E-state index is 0.310. The molecule has 0 bridgehead atoms. The molecule has 0 amide bonds. The quantitative estimate of drug-likeness (QED) is 0.744. The molecule has 0 radical (unpaired) electrons. The summed E-state index contributed by atoms with van der Waals surface area (Å²) in [7, 11) is 0. The number of aromatic hydroxyl groups is 1. The van der Waals surface area contributed by atoms with E-state index in [4.69, 9.17) is 6.42 Å². The van der Waals surface area contributed by atoms with Gasteiger partial charge >= 0.3 is 0 Å². The van der Waals surface area contributed by atoms with Crippen LogP contribution < -0.4 is 0 Å². The second-order valence-electron chi connectivity index (χ2n) is 7.07. The Morgan fingerprint density at radius 3 is 2.95 bits per heavy atom. The van der Waals surface area contributed by atoms with E-state index in [1.165, 1.54) is 36.8 Å². The molecule has 4 unspecified atom stereocenters. The minimum Gasteiger partial charge on any atom is -0.508 e. The van der Waals surface area contributed by atoms with E-state index in [1.54, 1.807) is 0 Å². The van der Waals surface area contributed by atoms with E-state index in [9.17, 15) is 5.11 Å². The van der Waals surface area contributed by atoms with Crippen LogP contribution in [0.4, 0.5) is 0 Å². The number of phenols is 1. The van der Waals surface area contributed by atoms with Crippen molar-refractivity contribution in [1.82, 2.24) is 0 Å². The van der Waals surface area contributed by atoms with E-state index in [0.717, 1.165) is 12.3 Å². The molecule has 1 aromatic rings. The Morgan fingerprint density at radius 2 is 2.20 bits per heavy atom. The van der Waals surface area contributed by atoms with Gasteiger partial charge in [-0.25, -0.2) is 0 Å². The van der Waals surface area contributed by atoms with Crippen molar-refractivity contribution in [3.05, 3.63) is 29.3 Å². The highest BCUT2D eigenvalue weighted by Gasteiger charge is 2.42. The summed E-state index contributed by atoms with van der Waals surface area (Å²) >= 11 is 0. The predicted molar refractivity (Wildman–Crippen MR) is 82.6 cm³/mol. The first-order valence-corrected chi connectivity index (χ1v) is 7.81. The highest BCUT2D eigenvalue weighted by molar-refractivity contribution is 5.39. The van der Waals surface area contributed by atoms with Gasteiger partial charge in [0.1, 0.15) is 5.75 Å². The standard InChI is InChI=1S/C19H24O/c1-4-13(2)19(3)10-9-18-15(12-19)6-5-14-11-16(20)7-8-17(14)18/h1,7-8,11,13,15,18,20H,5-6,9-10,12H2,2-3H3. The van der Waals surface area contributed by atoms with Crippen LogP contribution >= 0.6 is 0 Å². The molecule has 0 spiro atoms. The summed E-state index contributed by atoms with van der Waals surface area (Å²) in [6.45, 7) is 4.58. The smallest absolute Gasteiger partial charge is 0.115 e. The van der Waals surface area contributed by atoms with Gasteiger partial charge in [0.2, 0.25) is 0 Å². The van der Waals surface area contributed by atoms with Crippen molar-refractivity contribution in [3.63, 3.8) is 0 Å². The highest BCUT2D eigenvalue weighted by atomic mass is 16.3. The average molecular weight is 268 g/mol. The average Bonchev–Trinajstić information content (AvgIpc) is 2.45. The number of hydrogen-bond donors (Lipinski definition) is 1. The first-order chi connectivity index (χ1) is 9.53. The van der Waals surface area contributed by atoms with Crippen LogP contribution in [0.2, 0.25) is 0 Å². The fourth-order valence-corrected chi connectivity index (χ4v) is 4.38. The van der Waals surface area contributed by atoms with Gasteiger partial charge in [-0.05, 0) is 72.6 Å². The summed E-state index contributed by atoms with van der Waals surface area (Å²) in [6.07, 6.45) is 11.7. The molecule has 4 atom stereocenters. The van der Waals surface area contributed by atoms with Crippen molar-refractivity contribution in [2.45, 2.75) is 51.9 Å². The lowest BCUT2D eigenvalue weighted by molar-refractivity contribution is 0.0932. The molecule has 0 heterocycles. The first-order valence-electron chi connectivity index (χ1n) is 7.81. The number of phenolic OH excluding ortho intramolecular Hbond substituents is 1. The van der Waals surface area contributed by atoms with E-state index in [-0.39, 0.29) is 0 Å². The number of terminal acetylenes is 1. The van der Waals surface area contributed by atoms with E-state index in [2.05, 4.69) is 25.8 Å². The molecule has 1 N–H and O–H groups in total. The van der Waals surface area contributed by atoms with Crippen molar-refractivity contribution >= 4 is 0 Å². The fourth-order valence-electron chi connectivity index (χ4n) is 4.38. The van der Waals surface area contributed by atoms with E-state index >= 15 is 0 Å². The van der Waals surface area contributed by atoms with Crippen LogP contribution in [0, 0.1) is 29.6 Å². The number of hydrogen-bond acceptors (Lipinski definition) is 1. The largest absolute Gasteiger partial charge is 0.508 e.